The summed E-state index contributed by atoms with van der Waals surface area (Å²) in [7, 11) is 2.39. The molecule has 10 heavy (non-hydrogen) atoms. The third kappa shape index (κ3) is 3.65. The van der Waals surface area contributed by atoms with Gasteiger partial charge in [-0.15, -0.1) is 0 Å². The van der Waals surface area contributed by atoms with Crippen molar-refractivity contribution in [3.8, 4) is 0 Å². The van der Waals surface area contributed by atoms with E-state index < -0.39 is 12.5 Å². The minimum absolute atomic E-state index is 0.0891. The molecular formula is C4H8N2O4. The van der Waals surface area contributed by atoms with E-state index in [4.69, 9.17) is 0 Å². The van der Waals surface area contributed by atoms with Crippen molar-refractivity contribution in [1.82, 2.24) is 0 Å². The average molecular weight is 148 g/mol. The Labute approximate surface area is 57.6 Å². The summed E-state index contributed by atoms with van der Waals surface area (Å²) in [6.45, 7) is -0.454. The number of hydrogen-bond donors (Lipinski definition) is 0. The second-order valence-corrected chi connectivity index (χ2v) is 1.35. The zero-order valence-corrected chi connectivity index (χ0v) is 5.73. The largest absolute Gasteiger partial charge is 0.597 e. The molecule has 0 N–H and O–H groups in total. The molecular weight excluding hydrogens is 140 g/mol. The summed E-state index contributed by atoms with van der Waals surface area (Å²) in [5, 5.41) is 13.2. The maximum absolute atomic E-state index is 10.3. The van der Waals surface area contributed by atoms with Crippen LogP contribution in [0.3, 0.4) is 0 Å². The summed E-state index contributed by atoms with van der Waals surface area (Å²) in [5.74, 6) is -0.657. The van der Waals surface area contributed by atoms with Crippen molar-refractivity contribution < 1.29 is 19.2 Å². The first-order valence-electron chi connectivity index (χ1n) is 2.46. The molecule has 6 heteroatoms. The number of hydroxylamine groups is 1. The Morgan fingerprint density at radius 3 is 2.70 bits per heavy atom. The molecule has 0 saturated carbocycles. The molecule has 58 valence electrons. The normalized spacial score (nSPS) is 10.8. The van der Waals surface area contributed by atoms with Gasteiger partial charge < -0.3 is 14.8 Å². The molecule has 0 heterocycles. The van der Waals surface area contributed by atoms with Crippen molar-refractivity contribution in [2.24, 2.45) is 5.28 Å². The highest BCUT2D eigenvalue weighted by Crippen LogP contribution is 1.79. The smallest absolute Gasteiger partial charge is 0.376 e. The van der Waals surface area contributed by atoms with E-state index in [1.54, 1.807) is 0 Å². The molecule has 0 amide bonds. The minimum Gasteiger partial charge on any atom is -0.597 e. The highest BCUT2D eigenvalue weighted by atomic mass is 16.7. The van der Waals surface area contributed by atoms with Gasteiger partial charge in [0.1, 0.15) is 7.11 Å². The van der Waals surface area contributed by atoms with Gasteiger partial charge in [-0.25, -0.2) is 4.79 Å². The van der Waals surface area contributed by atoms with Gasteiger partial charge >= 0.3 is 5.97 Å². The van der Waals surface area contributed by atoms with Crippen molar-refractivity contribution in [3.63, 3.8) is 0 Å². The van der Waals surface area contributed by atoms with E-state index in [0.717, 1.165) is 0 Å². The van der Waals surface area contributed by atoms with Gasteiger partial charge in [-0.1, -0.05) is 0 Å². The fourth-order valence-corrected chi connectivity index (χ4v) is 0.295. The molecule has 0 bridgehead atoms. The summed E-state index contributed by atoms with van der Waals surface area (Å²) >= 11 is 0. The predicted octanol–water partition coefficient (Wildman–Crippen LogP) is -0.317. The molecule has 0 aromatic carbocycles. The first-order chi connectivity index (χ1) is 4.70. The Kier molecular flexibility index (Phi) is 3.94. The number of nitrogens with zero attached hydrogens (tertiary/aromatic N) is 2. The first-order valence-corrected chi connectivity index (χ1v) is 2.46. The van der Waals surface area contributed by atoms with E-state index >= 15 is 0 Å². The molecule has 0 fully saturated rings. The van der Waals surface area contributed by atoms with Crippen molar-refractivity contribution in [2.75, 3.05) is 20.8 Å². The van der Waals surface area contributed by atoms with Crippen LogP contribution in [0.2, 0.25) is 0 Å². The predicted molar refractivity (Wildman–Crippen MR) is 29.9 cm³/mol. The summed E-state index contributed by atoms with van der Waals surface area (Å²) in [4.78, 5) is 14.5. The number of ether oxygens (including phenoxy) is 1. The number of methoxy groups -OCH3 is 1. The number of rotatable bonds is 3. The molecule has 0 saturated heterocycles. The number of hydrogen-bond acceptors (Lipinski definition) is 5. The Morgan fingerprint density at radius 2 is 2.30 bits per heavy atom. The van der Waals surface area contributed by atoms with Crippen LogP contribution in [0.5, 0.6) is 0 Å². The average Bonchev–Trinajstić information content (AvgIpc) is 1.88. The number of carbonyl (C=O) groups is 1. The van der Waals surface area contributed by atoms with Gasteiger partial charge in [0.2, 0.25) is 0 Å². The monoisotopic (exact) mass is 148 g/mol. The molecule has 0 aliphatic rings. The molecule has 0 aliphatic carbocycles. The summed E-state index contributed by atoms with van der Waals surface area (Å²) in [6, 6.07) is 0. The zero-order valence-electron chi connectivity index (χ0n) is 5.73. The molecule has 0 aromatic rings. The second kappa shape index (κ2) is 4.54. The maximum atomic E-state index is 10.3. The van der Waals surface area contributed by atoms with E-state index in [-0.39, 0.29) is 4.86 Å². The number of esters is 1. The van der Waals surface area contributed by atoms with E-state index in [1.807, 2.05) is 0 Å². The highest BCUT2D eigenvalue weighted by Gasteiger charge is 2.06. The van der Waals surface area contributed by atoms with Gasteiger partial charge in [0.15, 0.2) is 5.28 Å². The summed E-state index contributed by atoms with van der Waals surface area (Å²) in [6.07, 6.45) is 0. The fraction of sp³-hybridized carbons (Fsp3) is 0.750. The van der Waals surface area contributed by atoms with E-state index in [9.17, 15) is 10.0 Å². The molecule has 0 radical (unpaired) electrons. The Bertz CT molecular complexity index is 144. The molecule has 6 nitrogen and oxygen atoms in total. The van der Waals surface area contributed by atoms with Gasteiger partial charge in [-0.3, -0.25) is 0 Å². The second-order valence-electron chi connectivity index (χ2n) is 1.35. The lowest BCUT2D eigenvalue weighted by atomic mass is 10.7. The SMILES string of the molecule is CON=[N+]([O-])CC(=O)OC. The van der Waals surface area contributed by atoms with Gasteiger partial charge in [-0.05, 0) is 4.86 Å². The molecule has 0 atom stereocenters. The summed E-state index contributed by atoms with van der Waals surface area (Å²) in [5.41, 5.74) is 0. The third-order valence-corrected chi connectivity index (χ3v) is 0.665. The molecule has 0 spiro atoms. The van der Waals surface area contributed by atoms with Gasteiger partial charge in [-0.2, -0.15) is 0 Å². The van der Waals surface area contributed by atoms with Gasteiger partial charge in [0.05, 0.1) is 7.11 Å². The molecule has 0 unspecified atom stereocenters. The lowest BCUT2D eigenvalue weighted by Crippen LogP contribution is -2.15. The van der Waals surface area contributed by atoms with Crippen LogP contribution in [-0.4, -0.2) is 31.6 Å². The molecule has 0 aliphatic heterocycles. The molecule has 0 rings (SSSR count). The van der Waals surface area contributed by atoms with E-state index in [2.05, 4.69) is 14.9 Å². The number of carbonyl (C=O) groups excluding carboxylic acids is 1. The standard InChI is InChI=1S/C4H8N2O4/c1-9-4(7)3-6(8)5-10-2/h3H2,1-2H3. The first kappa shape index (κ1) is 8.67. The van der Waals surface area contributed by atoms with Crippen LogP contribution in [0.4, 0.5) is 0 Å². The van der Waals surface area contributed by atoms with Crippen LogP contribution in [0.1, 0.15) is 0 Å². The third-order valence-electron chi connectivity index (χ3n) is 0.665. The Hall–Kier alpha value is -1.33. The van der Waals surface area contributed by atoms with Crippen LogP contribution in [0.25, 0.3) is 0 Å². The highest BCUT2D eigenvalue weighted by molar-refractivity contribution is 5.70. The van der Waals surface area contributed by atoms with Gasteiger partial charge in [0.25, 0.3) is 6.54 Å². The Balaban J connectivity index is 3.67. The van der Waals surface area contributed by atoms with Crippen molar-refractivity contribution in [2.45, 2.75) is 0 Å². The lowest BCUT2D eigenvalue weighted by molar-refractivity contribution is -0.548. The molecule has 0 aromatic heterocycles. The minimum atomic E-state index is -0.657. The topological polar surface area (TPSA) is 74.0 Å². The van der Waals surface area contributed by atoms with Crippen LogP contribution in [-0.2, 0) is 14.4 Å². The van der Waals surface area contributed by atoms with Crippen LogP contribution in [0, 0.1) is 5.21 Å². The van der Waals surface area contributed by atoms with Crippen molar-refractivity contribution >= 4 is 5.97 Å². The van der Waals surface area contributed by atoms with Crippen LogP contribution < -0.4 is 0 Å². The maximum Gasteiger partial charge on any atom is 0.376 e. The van der Waals surface area contributed by atoms with Crippen LogP contribution >= 0.6 is 0 Å². The summed E-state index contributed by atoms with van der Waals surface area (Å²) < 4.78 is 4.17. The zero-order chi connectivity index (χ0) is 7.98. The van der Waals surface area contributed by atoms with Crippen molar-refractivity contribution in [1.29, 1.82) is 0 Å². The lowest BCUT2D eigenvalue weighted by Gasteiger charge is -1.96. The quantitative estimate of drug-likeness (QED) is 0.238. The van der Waals surface area contributed by atoms with E-state index in [1.165, 1.54) is 14.2 Å². The van der Waals surface area contributed by atoms with Crippen LogP contribution in [0.15, 0.2) is 5.28 Å². The van der Waals surface area contributed by atoms with Gasteiger partial charge in [0, 0.05) is 0 Å². The van der Waals surface area contributed by atoms with E-state index in [0.29, 0.717) is 0 Å². The van der Waals surface area contributed by atoms with Crippen molar-refractivity contribution in [3.05, 3.63) is 5.21 Å². The Morgan fingerprint density at radius 1 is 1.70 bits per heavy atom. The fourth-order valence-electron chi connectivity index (χ4n) is 0.295.